The quantitative estimate of drug-likeness (QED) is 0.868. The highest BCUT2D eigenvalue weighted by Crippen LogP contribution is 2.21. The average molecular weight is 278 g/mol. The fourth-order valence-electron chi connectivity index (χ4n) is 2.06. The second-order valence-electron chi connectivity index (χ2n) is 5.90. The molecule has 20 heavy (non-hydrogen) atoms. The molecule has 4 heteroatoms. The molecule has 1 N–H and O–H groups in total. The monoisotopic (exact) mass is 278 g/mol. The second kappa shape index (κ2) is 7.29. The first-order chi connectivity index (χ1) is 9.32. The Bertz CT molecular complexity index is 456. The van der Waals surface area contributed by atoms with Gasteiger partial charge in [0.2, 0.25) is 0 Å². The van der Waals surface area contributed by atoms with Crippen LogP contribution in [0.5, 0.6) is 5.75 Å². The SMILES string of the molecule is Cc1c(O)cccc1C(=O)N(CCN(C)C)CC(C)C. The summed E-state index contributed by atoms with van der Waals surface area (Å²) in [6, 6.07) is 5.11. The smallest absolute Gasteiger partial charge is 0.254 e. The van der Waals surface area contributed by atoms with E-state index in [4.69, 9.17) is 0 Å². The number of hydrogen-bond acceptors (Lipinski definition) is 3. The first-order valence-electron chi connectivity index (χ1n) is 7.05. The lowest BCUT2D eigenvalue weighted by Gasteiger charge is -2.27. The minimum absolute atomic E-state index is 0.00560. The molecule has 1 aromatic rings. The second-order valence-corrected chi connectivity index (χ2v) is 5.90. The molecule has 0 saturated carbocycles. The van der Waals surface area contributed by atoms with Crippen LogP contribution in [0.3, 0.4) is 0 Å². The van der Waals surface area contributed by atoms with Crippen LogP contribution in [0.25, 0.3) is 0 Å². The van der Waals surface area contributed by atoms with Crippen LogP contribution in [-0.2, 0) is 0 Å². The van der Waals surface area contributed by atoms with E-state index >= 15 is 0 Å². The van der Waals surface area contributed by atoms with Crippen LogP contribution >= 0.6 is 0 Å². The first kappa shape index (κ1) is 16.5. The average Bonchev–Trinajstić information content (AvgIpc) is 2.36. The molecule has 0 radical (unpaired) electrons. The van der Waals surface area contributed by atoms with Crippen molar-refractivity contribution in [3.05, 3.63) is 29.3 Å². The zero-order valence-corrected chi connectivity index (χ0v) is 13.2. The van der Waals surface area contributed by atoms with Crippen molar-refractivity contribution in [2.45, 2.75) is 20.8 Å². The van der Waals surface area contributed by atoms with Gasteiger partial charge in [0, 0.05) is 30.8 Å². The van der Waals surface area contributed by atoms with E-state index in [2.05, 4.69) is 18.7 Å². The zero-order valence-electron chi connectivity index (χ0n) is 13.2. The minimum atomic E-state index is -0.00560. The molecule has 0 fully saturated rings. The number of hydrogen-bond donors (Lipinski definition) is 1. The van der Waals surface area contributed by atoms with Crippen molar-refractivity contribution < 1.29 is 9.90 Å². The molecule has 0 heterocycles. The molecule has 0 spiro atoms. The van der Waals surface area contributed by atoms with Crippen molar-refractivity contribution >= 4 is 5.91 Å². The van der Waals surface area contributed by atoms with Crippen LogP contribution < -0.4 is 0 Å². The maximum Gasteiger partial charge on any atom is 0.254 e. The highest BCUT2D eigenvalue weighted by Gasteiger charge is 2.19. The molecule has 1 amide bonds. The molecule has 4 nitrogen and oxygen atoms in total. The highest BCUT2D eigenvalue weighted by molar-refractivity contribution is 5.96. The van der Waals surface area contributed by atoms with E-state index in [0.717, 1.165) is 13.1 Å². The van der Waals surface area contributed by atoms with Gasteiger partial charge < -0.3 is 14.9 Å². The number of benzene rings is 1. The summed E-state index contributed by atoms with van der Waals surface area (Å²) in [5.41, 5.74) is 1.24. The molecule has 0 aliphatic heterocycles. The molecule has 0 aliphatic carbocycles. The number of aromatic hydroxyl groups is 1. The van der Waals surface area contributed by atoms with Gasteiger partial charge in [-0.3, -0.25) is 4.79 Å². The van der Waals surface area contributed by atoms with Crippen LogP contribution in [0.1, 0.15) is 29.8 Å². The van der Waals surface area contributed by atoms with E-state index < -0.39 is 0 Å². The minimum Gasteiger partial charge on any atom is -0.508 e. The van der Waals surface area contributed by atoms with E-state index in [9.17, 15) is 9.90 Å². The Morgan fingerprint density at radius 2 is 1.90 bits per heavy atom. The van der Waals surface area contributed by atoms with Crippen molar-refractivity contribution in [3.8, 4) is 5.75 Å². The summed E-state index contributed by atoms with van der Waals surface area (Å²) in [5, 5.41) is 9.75. The molecule has 0 aromatic heterocycles. The normalized spacial score (nSPS) is 11.2. The molecular formula is C16H26N2O2. The lowest BCUT2D eigenvalue weighted by atomic mass is 10.1. The Hall–Kier alpha value is -1.55. The van der Waals surface area contributed by atoms with Crippen LogP contribution in [0.4, 0.5) is 0 Å². The Kier molecular flexibility index (Phi) is 6.02. The van der Waals surface area contributed by atoms with Crippen molar-refractivity contribution in [3.63, 3.8) is 0 Å². The van der Waals surface area contributed by atoms with Gasteiger partial charge >= 0.3 is 0 Å². The van der Waals surface area contributed by atoms with Gasteiger partial charge in [0.05, 0.1) is 0 Å². The predicted octanol–water partition coefficient (Wildman–Crippen LogP) is 2.36. The topological polar surface area (TPSA) is 43.8 Å². The lowest BCUT2D eigenvalue weighted by molar-refractivity contribution is 0.0723. The van der Waals surface area contributed by atoms with Crippen molar-refractivity contribution in [2.75, 3.05) is 33.7 Å². The summed E-state index contributed by atoms with van der Waals surface area (Å²) in [5.74, 6) is 0.584. The third-order valence-corrected chi connectivity index (χ3v) is 3.23. The molecule has 0 saturated heterocycles. The van der Waals surface area contributed by atoms with Gasteiger partial charge in [0.15, 0.2) is 0 Å². The number of nitrogens with zero attached hydrogens (tertiary/aromatic N) is 2. The maximum atomic E-state index is 12.7. The number of carbonyl (C=O) groups excluding carboxylic acids is 1. The molecule has 0 unspecified atom stereocenters. The van der Waals surface area contributed by atoms with E-state index in [-0.39, 0.29) is 11.7 Å². The van der Waals surface area contributed by atoms with Crippen LogP contribution in [0, 0.1) is 12.8 Å². The number of amides is 1. The summed E-state index contributed by atoms with van der Waals surface area (Å²) in [6.45, 7) is 8.23. The van der Waals surface area contributed by atoms with Gasteiger partial charge in [-0.1, -0.05) is 19.9 Å². The van der Waals surface area contributed by atoms with Crippen LogP contribution in [0.2, 0.25) is 0 Å². The largest absolute Gasteiger partial charge is 0.508 e. The molecule has 0 bridgehead atoms. The summed E-state index contributed by atoms with van der Waals surface area (Å²) in [6.07, 6.45) is 0. The van der Waals surface area contributed by atoms with Gasteiger partial charge in [0.25, 0.3) is 5.91 Å². The summed E-state index contributed by atoms with van der Waals surface area (Å²) >= 11 is 0. The Balaban J connectivity index is 2.94. The maximum absolute atomic E-state index is 12.7. The fourth-order valence-corrected chi connectivity index (χ4v) is 2.06. The van der Waals surface area contributed by atoms with Crippen LogP contribution in [-0.4, -0.2) is 54.5 Å². The lowest BCUT2D eigenvalue weighted by Crippen LogP contribution is -2.39. The summed E-state index contributed by atoms with van der Waals surface area (Å²) < 4.78 is 0. The van der Waals surface area contributed by atoms with Gasteiger partial charge in [-0.2, -0.15) is 0 Å². The Labute approximate surface area is 122 Å². The van der Waals surface area contributed by atoms with Gasteiger partial charge in [-0.25, -0.2) is 0 Å². The third-order valence-electron chi connectivity index (χ3n) is 3.23. The highest BCUT2D eigenvalue weighted by atomic mass is 16.3. The number of rotatable bonds is 6. The molecule has 1 aromatic carbocycles. The van der Waals surface area contributed by atoms with E-state index in [1.807, 2.05) is 19.0 Å². The van der Waals surface area contributed by atoms with Gasteiger partial charge in [-0.05, 0) is 39.1 Å². The van der Waals surface area contributed by atoms with Crippen molar-refractivity contribution in [1.29, 1.82) is 0 Å². The van der Waals surface area contributed by atoms with E-state index in [0.29, 0.717) is 23.6 Å². The molecule has 0 atom stereocenters. The Morgan fingerprint density at radius 3 is 2.45 bits per heavy atom. The predicted molar refractivity (Wildman–Crippen MR) is 82.1 cm³/mol. The zero-order chi connectivity index (χ0) is 15.3. The van der Waals surface area contributed by atoms with Crippen molar-refractivity contribution in [1.82, 2.24) is 9.80 Å². The fraction of sp³-hybridized carbons (Fsp3) is 0.562. The molecule has 1 rings (SSSR count). The van der Waals surface area contributed by atoms with Crippen molar-refractivity contribution in [2.24, 2.45) is 5.92 Å². The van der Waals surface area contributed by atoms with E-state index in [1.54, 1.807) is 25.1 Å². The molecule has 0 aliphatic rings. The number of phenolic OH excluding ortho intramolecular Hbond substituents is 1. The molecular weight excluding hydrogens is 252 g/mol. The first-order valence-corrected chi connectivity index (χ1v) is 7.05. The third kappa shape index (κ3) is 4.53. The number of likely N-dealkylation sites (N-methyl/N-ethyl adjacent to an activating group) is 1. The molecule has 112 valence electrons. The summed E-state index contributed by atoms with van der Waals surface area (Å²) in [7, 11) is 4.00. The Morgan fingerprint density at radius 1 is 1.25 bits per heavy atom. The number of carbonyl (C=O) groups is 1. The van der Waals surface area contributed by atoms with E-state index in [1.165, 1.54) is 0 Å². The van der Waals surface area contributed by atoms with Gasteiger partial charge in [0.1, 0.15) is 5.75 Å². The van der Waals surface area contributed by atoms with Crippen LogP contribution in [0.15, 0.2) is 18.2 Å². The van der Waals surface area contributed by atoms with Gasteiger partial charge in [-0.15, -0.1) is 0 Å². The standard InChI is InChI=1S/C16H26N2O2/c1-12(2)11-18(10-9-17(4)5)16(20)14-7-6-8-15(19)13(14)3/h6-8,12,19H,9-11H2,1-5H3. The summed E-state index contributed by atoms with van der Waals surface area (Å²) in [4.78, 5) is 16.6. The number of phenols is 1.